The number of aromatic nitrogens is 2. The number of fused-ring (bicyclic) bond motifs is 1. The van der Waals surface area contributed by atoms with Crippen LogP contribution in [0.5, 0.6) is 0 Å². The Balaban J connectivity index is 1.56. The molecule has 0 fully saturated rings. The summed E-state index contributed by atoms with van der Waals surface area (Å²) in [5, 5.41) is 0. The predicted molar refractivity (Wildman–Crippen MR) is 114 cm³/mol. The summed E-state index contributed by atoms with van der Waals surface area (Å²) < 4.78 is 27.8. The van der Waals surface area contributed by atoms with Crippen molar-refractivity contribution in [3.8, 4) is 11.4 Å². The average Bonchev–Trinajstić information content (AvgIpc) is 2.78. The van der Waals surface area contributed by atoms with Crippen molar-refractivity contribution in [1.29, 1.82) is 0 Å². The molecule has 1 aliphatic rings. The maximum Gasteiger partial charge on any atom is 0.243 e. The van der Waals surface area contributed by atoms with Crippen LogP contribution >= 0.6 is 0 Å². The molecule has 0 spiro atoms. The van der Waals surface area contributed by atoms with Crippen molar-refractivity contribution >= 4 is 10.0 Å². The lowest BCUT2D eigenvalue weighted by atomic mass is 9.99. The zero-order valence-corrected chi connectivity index (χ0v) is 17.6. The number of nitrogens with zero attached hydrogens (tertiary/aromatic N) is 3. The van der Waals surface area contributed by atoms with Gasteiger partial charge in [0.25, 0.3) is 0 Å². The molecule has 29 heavy (non-hydrogen) atoms. The second-order valence-corrected chi connectivity index (χ2v) is 9.44. The Morgan fingerprint density at radius 2 is 1.79 bits per heavy atom. The van der Waals surface area contributed by atoms with Gasteiger partial charge in [-0.1, -0.05) is 56.3 Å². The van der Waals surface area contributed by atoms with E-state index in [0.717, 1.165) is 28.8 Å². The van der Waals surface area contributed by atoms with E-state index in [4.69, 9.17) is 0 Å². The van der Waals surface area contributed by atoms with Crippen molar-refractivity contribution < 1.29 is 8.42 Å². The highest BCUT2D eigenvalue weighted by Crippen LogP contribution is 2.27. The molecule has 0 amide bonds. The summed E-state index contributed by atoms with van der Waals surface area (Å²) in [6, 6.07) is 17.1. The predicted octanol–water partition coefficient (Wildman–Crippen LogP) is 4.40. The third kappa shape index (κ3) is 3.95. The molecule has 0 N–H and O–H groups in total. The molecular weight excluding hydrogens is 382 g/mol. The molecule has 0 bridgehead atoms. The first-order chi connectivity index (χ1) is 14.0. The third-order valence-corrected chi connectivity index (χ3v) is 7.49. The fourth-order valence-corrected chi connectivity index (χ4v) is 4.99. The minimum Gasteiger partial charge on any atom is -0.236 e. The summed E-state index contributed by atoms with van der Waals surface area (Å²) in [6.45, 7) is 5.01. The van der Waals surface area contributed by atoms with Crippen LogP contribution in [0.3, 0.4) is 0 Å². The SMILES string of the molecule is CC[C@@H](C)c1ccc(S(=O)(=O)N2CCc3nc(-c4ccccc4)ncc3C2)cc1. The molecule has 150 valence electrons. The summed E-state index contributed by atoms with van der Waals surface area (Å²) >= 11 is 0. The standard InChI is InChI=1S/C23H25N3O2S/c1-3-17(2)18-9-11-21(12-10-18)29(27,28)26-14-13-22-20(16-26)15-24-23(25-22)19-7-5-4-6-8-19/h4-12,15,17H,3,13-14,16H2,1-2H3/t17-/m1/s1. The van der Waals surface area contributed by atoms with Gasteiger partial charge >= 0.3 is 0 Å². The fourth-order valence-electron chi connectivity index (χ4n) is 3.57. The van der Waals surface area contributed by atoms with Crippen LogP contribution in [0.1, 0.15) is 43.0 Å². The van der Waals surface area contributed by atoms with E-state index in [9.17, 15) is 8.42 Å². The fraction of sp³-hybridized carbons (Fsp3) is 0.304. The van der Waals surface area contributed by atoms with E-state index in [1.807, 2.05) is 42.5 Å². The van der Waals surface area contributed by atoms with Gasteiger partial charge in [0.2, 0.25) is 10.0 Å². The van der Waals surface area contributed by atoms with Crippen molar-refractivity contribution in [3.05, 3.63) is 77.6 Å². The topological polar surface area (TPSA) is 63.2 Å². The van der Waals surface area contributed by atoms with Gasteiger partial charge in [-0.15, -0.1) is 0 Å². The lowest BCUT2D eigenvalue weighted by Crippen LogP contribution is -2.36. The minimum atomic E-state index is -3.54. The van der Waals surface area contributed by atoms with Gasteiger partial charge in [0.05, 0.1) is 10.6 Å². The molecule has 5 nitrogen and oxygen atoms in total. The van der Waals surface area contributed by atoms with Crippen LogP contribution in [-0.2, 0) is 23.0 Å². The Bertz CT molecular complexity index is 1100. The van der Waals surface area contributed by atoms with Crippen molar-refractivity contribution in [2.24, 2.45) is 0 Å². The van der Waals surface area contributed by atoms with Gasteiger partial charge in [0.1, 0.15) is 0 Å². The van der Waals surface area contributed by atoms with Crippen LogP contribution in [0.25, 0.3) is 11.4 Å². The van der Waals surface area contributed by atoms with Gasteiger partial charge in [-0.2, -0.15) is 4.31 Å². The van der Waals surface area contributed by atoms with Crippen molar-refractivity contribution in [2.45, 2.75) is 44.0 Å². The van der Waals surface area contributed by atoms with Gasteiger partial charge in [-0.25, -0.2) is 18.4 Å². The normalized spacial score (nSPS) is 15.7. The van der Waals surface area contributed by atoms with Crippen LogP contribution in [0.2, 0.25) is 0 Å². The van der Waals surface area contributed by atoms with Gasteiger partial charge in [0, 0.05) is 36.8 Å². The van der Waals surface area contributed by atoms with Crippen molar-refractivity contribution in [1.82, 2.24) is 14.3 Å². The first-order valence-electron chi connectivity index (χ1n) is 9.99. The zero-order valence-electron chi connectivity index (χ0n) is 16.7. The van der Waals surface area contributed by atoms with Crippen molar-refractivity contribution in [3.63, 3.8) is 0 Å². The first-order valence-corrected chi connectivity index (χ1v) is 11.4. The Hall–Kier alpha value is -2.57. The molecular formula is C23H25N3O2S. The van der Waals surface area contributed by atoms with Gasteiger partial charge in [-0.3, -0.25) is 0 Å². The minimum absolute atomic E-state index is 0.305. The maximum absolute atomic E-state index is 13.1. The molecule has 1 aliphatic heterocycles. The molecule has 0 unspecified atom stereocenters. The lowest BCUT2D eigenvalue weighted by Gasteiger charge is -2.27. The van der Waals surface area contributed by atoms with E-state index < -0.39 is 10.0 Å². The number of hydrogen-bond acceptors (Lipinski definition) is 4. The highest BCUT2D eigenvalue weighted by Gasteiger charge is 2.29. The third-order valence-electron chi connectivity index (χ3n) is 5.63. The number of benzene rings is 2. The summed E-state index contributed by atoms with van der Waals surface area (Å²) in [4.78, 5) is 9.48. The zero-order chi connectivity index (χ0) is 20.4. The highest BCUT2D eigenvalue weighted by molar-refractivity contribution is 7.89. The molecule has 1 aromatic heterocycles. The molecule has 2 aromatic carbocycles. The smallest absolute Gasteiger partial charge is 0.236 e. The first kappa shape index (κ1) is 19.7. The molecule has 1 atom stereocenters. The van der Waals surface area contributed by atoms with E-state index in [1.54, 1.807) is 18.3 Å². The largest absolute Gasteiger partial charge is 0.243 e. The molecule has 4 rings (SSSR count). The number of sulfonamides is 1. The monoisotopic (exact) mass is 407 g/mol. The van der Waals surface area contributed by atoms with Gasteiger partial charge in [0.15, 0.2) is 5.82 Å². The maximum atomic E-state index is 13.1. The second-order valence-electron chi connectivity index (χ2n) is 7.50. The molecule has 0 saturated heterocycles. The van der Waals surface area contributed by atoms with Crippen LogP contribution in [-0.4, -0.2) is 29.2 Å². The number of hydrogen-bond donors (Lipinski definition) is 0. The summed E-state index contributed by atoms with van der Waals surface area (Å²) in [5.74, 6) is 1.10. The van der Waals surface area contributed by atoms with Crippen LogP contribution in [0, 0.1) is 0 Å². The molecule has 0 radical (unpaired) electrons. The lowest BCUT2D eigenvalue weighted by molar-refractivity contribution is 0.387. The van der Waals surface area contributed by atoms with Crippen LogP contribution < -0.4 is 0 Å². The van der Waals surface area contributed by atoms with Crippen molar-refractivity contribution in [2.75, 3.05) is 6.54 Å². The van der Waals surface area contributed by atoms with E-state index >= 15 is 0 Å². The van der Waals surface area contributed by atoms with Crippen LogP contribution in [0.15, 0.2) is 65.7 Å². The van der Waals surface area contributed by atoms with Gasteiger partial charge in [-0.05, 0) is 30.0 Å². The van der Waals surface area contributed by atoms with E-state index in [0.29, 0.717) is 36.1 Å². The van der Waals surface area contributed by atoms with E-state index in [-0.39, 0.29) is 0 Å². The van der Waals surface area contributed by atoms with E-state index in [1.165, 1.54) is 4.31 Å². The summed E-state index contributed by atoms with van der Waals surface area (Å²) in [7, 11) is -3.54. The Morgan fingerprint density at radius 3 is 2.48 bits per heavy atom. The Morgan fingerprint density at radius 1 is 1.07 bits per heavy atom. The van der Waals surface area contributed by atoms with E-state index in [2.05, 4.69) is 23.8 Å². The molecule has 0 saturated carbocycles. The number of rotatable bonds is 5. The van der Waals surface area contributed by atoms with Crippen LogP contribution in [0.4, 0.5) is 0 Å². The summed E-state index contributed by atoms with van der Waals surface area (Å²) in [6.07, 6.45) is 3.38. The molecule has 6 heteroatoms. The van der Waals surface area contributed by atoms with Gasteiger partial charge < -0.3 is 0 Å². The average molecular weight is 408 g/mol. The summed E-state index contributed by atoms with van der Waals surface area (Å²) in [5.41, 5.74) is 3.93. The quantitative estimate of drug-likeness (QED) is 0.629. The Kier molecular flexibility index (Phi) is 5.48. The molecule has 2 heterocycles. The highest BCUT2D eigenvalue weighted by atomic mass is 32.2. The molecule has 3 aromatic rings. The molecule has 0 aliphatic carbocycles. The Labute approximate surface area is 172 Å². The second kappa shape index (κ2) is 8.05.